The average molecular weight is 496 g/mol. The lowest BCUT2D eigenvalue weighted by atomic mass is 9.84. The second-order valence-electron chi connectivity index (χ2n) is 8.96. The zero-order valence-corrected chi connectivity index (χ0v) is 19.0. The van der Waals surface area contributed by atoms with Gasteiger partial charge in [-0.2, -0.15) is 4.98 Å². The van der Waals surface area contributed by atoms with Crippen LogP contribution in [0.5, 0.6) is 5.75 Å². The van der Waals surface area contributed by atoms with E-state index in [0.29, 0.717) is 18.5 Å². The Morgan fingerprint density at radius 1 is 1.17 bits per heavy atom. The maximum atomic E-state index is 12.6. The molecule has 4 N–H and O–H groups in total. The molecule has 1 aromatic carbocycles. The quantitative estimate of drug-likeness (QED) is 0.353. The lowest BCUT2D eigenvalue weighted by Gasteiger charge is -2.45. The number of hydrogen-bond acceptors (Lipinski definition) is 9. The van der Waals surface area contributed by atoms with Gasteiger partial charge in [-0.15, -0.1) is 13.2 Å². The van der Waals surface area contributed by atoms with E-state index in [9.17, 15) is 23.3 Å². The Kier molecular flexibility index (Phi) is 7.55. The van der Waals surface area contributed by atoms with Crippen molar-refractivity contribution in [3.05, 3.63) is 46.1 Å². The first-order valence-corrected chi connectivity index (χ1v) is 11.5. The van der Waals surface area contributed by atoms with Crippen molar-refractivity contribution in [2.75, 3.05) is 30.3 Å². The topological polar surface area (TPSA) is 131 Å². The first-order chi connectivity index (χ1) is 16.7. The van der Waals surface area contributed by atoms with Gasteiger partial charge in [0, 0.05) is 43.8 Å². The van der Waals surface area contributed by atoms with Gasteiger partial charge in [-0.25, -0.2) is 4.98 Å². The number of nitro groups is 1. The molecule has 13 heteroatoms. The molecule has 35 heavy (non-hydrogen) atoms. The van der Waals surface area contributed by atoms with Gasteiger partial charge in [0.2, 0.25) is 11.8 Å². The van der Waals surface area contributed by atoms with E-state index >= 15 is 0 Å². The van der Waals surface area contributed by atoms with Gasteiger partial charge >= 0.3 is 12.0 Å². The summed E-state index contributed by atoms with van der Waals surface area (Å²) in [7, 11) is 0. The number of anilines is 2. The van der Waals surface area contributed by atoms with Crippen LogP contribution in [0.1, 0.15) is 31.2 Å². The number of nitrogens with zero attached hydrogens (tertiary/aromatic N) is 4. The van der Waals surface area contributed by atoms with Gasteiger partial charge in [0.1, 0.15) is 11.9 Å². The maximum absolute atomic E-state index is 12.6. The van der Waals surface area contributed by atoms with Gasteiger partial charge in [0.05, 0.1) is 4.92 Å². The third-order valence-corrected chi connectivity index (χ3v) is 6.43. The summed E-state index contributed by atoms with van der Waals surface area (Å²) in [4.78, 5) is 21.5. The zero-order chi connectivity index (χ0) is 25.0. The van der Waals surface area contributed by atoms with Crippen molar-refractivity contribution >= 4 is 17.5 Å². The van der Waals surface area contributed by atoms with Gasteiger partial charge in [-0.05, 0) is 37.7 Å². The fraction of sp³-hybridized carbons (Fsp3) is 0.545. The molecular formula is C22H28F3N7O3. The van der Waals surface area contributed by atoms with E-state index in [1.165, 1.54) is 18.2 Å². The summed E-state index contributed by atoms with van der Waals surface area (Å²) in [6.45, 7) is 2.37. The Morgan fingerprint density at radius 3 is 2.54 bits per heavy atom. The highest BCUT2D eigenvalue weighted by molar-refractivity contribution is 5.57. The molecule has 2 fully saturated rings. The van der Waals surface area contributed by atoms with Crippen LogP contribution in [0.3, 0.4) is 0 Å². The first kappa shape index (κ1) is 24.9. The van der Waals surface area contributed by atoms with Crippen LogP contribution in [0.15, 0.2) is 30.5 Å². The van der Waals surface area contributed by atoms with Gasteiger partial charge in [-0.1, -0.05) is 18.2 Å². The van der Waals surface area contributed by atoms with E-state index in [4.69, 9.17) is 5.73 Å². The minimum atomic E-state index is -4.82. The number of benzene rings is 1. The van der Waals surface area contributed by atoms with Crippen molar-refractivity contribution in [3.63, 3.8) is 0 Å². The highest BCUT2D eigenvalue weighted by Gasteiger charge is 2.33. The van der Waals surface area contributed by atoms with E-state index in [1.54, 1.807) is 6.07 Å². The van der Waals surface area contributed by atoms with Gasteiger partial charge < -0.3 is 21.1 Å². The van der Waals surface area contributed by atoms with Crippen molar-refractivity contribution in [3.8, 4) is 5.75 Å². The summed E-state index contributed by atoms with van der Waals surface area (Å²) in [5.41, 5.74) is 5.85. The summed E-state index contributed by atoms with van der Waals surface area (Å²) in [6, 6.07) is 6.53. The van der Waals surface area contributed by atoms with E-state index in [1.807, 2.05) is 0 Å². The van der Waals surface area contributed by atoms with Gasteiger partial charge in [-0.3, -0.25) is 15.0 Å². The predicted molar refractivity (Wildman–Crippen MR) is 123 cm³/mol. The maximum Gasteiger partial charge on any atom is 0.573 e. The third kappa shape index (κ3) is 6.69. The Labute approximate surface area is 200 Å². The number of nitrogens with two attached hydrogens (primary N) is 1. The predicted octanol–water partition coefficient (Wildman–Crippen LogP) is 3.51. The molecule has 1 saturated carbocycles. The third-order valence-electron chi connectivity index (χ3n) is 6.43. The molecule has 0 unspecified atom stereocenters. The summed E-state index contributed by atoms with van der Waals surface area (Å²) in [5, 5.41) is 17.4. The van der Waals surface area contributed by atoms with E-state index in [2.05, 4.69) is 30.2 Å². The number of aromatic nitrogens is 2. The number of ether oxygens (including phenoxy) is 1. The number of rotatable bonds is 9. The van der Waals surface area contributed by atoms with E-state index in [-0.39, 0.29) is 41.4 Å². The smallest absolute Gasteiger partial charge is 0.405 e. The van der Waals surface area contributed by atoms with Crippen molar-refractivity contribution in [2.45, 2.75) is 50.7 Å². The van der Waals surface area contributed by atoms with Crippen LogP contribution in [0.2, 0.25) is 0 Å². The lowest BCUT2D eigenvalue weighted by Crippen LogP contribution is -2.59. The molecule has 190 valence electrons. The van der Waals surface area contributed by atoms with Gasteiger partial charge in [0.15, 0.2) is 0 Å². The molecule has 0 atom stereocenters. The molecule has 2 heterocycles. The number of likely N-dealkylation sites (tertiary alicyclic amines) is 1. The molecule has 0 amide bonds. The molecule has 1 aliphatic heterocycles. The highest BCUT2D eigenvalue weighted by Crippen LogP contribution is 2.31. The van der Waals surface area contributed by atoms with Crippen LogP contribution in [-0.2, 0) is 6.54 Å². The van der Waals surface area contributed by atoms with E-state index in [0.717, 1.165) is 45.0 Å². The van der Waals surface area contributed by atoms with Crippen LogP contribution in [0.4, 0.5) is 30.6 Å². The van der Waals surface area contributed by atoms with Crippen LogP contribution < -0.4 is 21.1 Å². The Balaban J connectivity index is 1.35. The fourth-order valence-electron chi connectivity index (χ4n) is 4.57. The Hall–Kier alpha value is -3.19. The molecule has 4 rings (SSSR count). The van der Waals surface area contributed by atoms with Crippen molar-refractivity contribution in [1.82, 2.24) is 14.9 Å². The average Bonchev–Trinajstić information content (AvgIpc) is 2.79. The normalized spacial score (nSPS) is 21.3. The number of halogens is 3. The second-order valence-corrected chi connectivity index (χ2v) is 8.96. The van der Waals surface area contributed by atoms with Crippen LogP contribution >= 0.6 is 0 Å². The molecule has 2 aromatic rings. The number of para-hydroxylation sites is 1. The minimum absolute atomic E-state index is 0.0535. The van der Waals surface area contributed by atoms with E-state index < -0.39 is 11.3 Å². The SMILES string of the molecule is NC1CN(C2CCC(CNc3nc(NCc4ccccc4OC(F)(F)F)ncc3[N+](=O)[O-])CC2)C1. The number of alkyl halides is 3. The van der Waals surface area contributed by atoms with Crippen molar-refractivity contribution < 1.29 is 22.8 Å². The van der Waals surface area contributed by atoms with Crippen LogP contribution in [0.25, 0.3) is 0 Å². The zero-order valence-electron chi connectivity index (χ0n) is 19.0. The highest BCUT2D eigenvalue weighted by atomic mass is 19.4. The Bertz CT molecular complexity index is 1030. The molecule has 1 saturated heterocycles. The second kappa shape index (κ2) is 10.6. The van der Waals surface area contributed by atoms with Crippen molar-refractivity contribution in [1.29, 1.82) is 0 Å². The van der Waals surface area contributed by atoms with Gasteiger partial charge in [0.25, 0.3) is 0 Å². The molecular weight excluding hydrogens is 467 g/mol. The summed E-state index contributed by atoms with van der Waals surface area (Å²) >= 11 is 0. The fourth-order valence-corrected chi connectivity index (χ4v) is 4.57. The summed E-state index contributed by atoms with van der Waals surface area (Å²) in [5.74, 6) is 0.142. The summed E-state index contributed by atoms with van der Waals surface area (Å²) in [6.07, 6.45) is 0.402. The lowest BCUT2D eigenvalue weighted by molar-refractivity contribution is -0.384. The molecule has 0 radical (unpaired) electrons. The molecule has 10 nitrogen and oxygen atoms in total. The molecule has 0 bridgehead atoms. The number of nitrogens with one attached hydrogen (secondary N) is 2. The molecule has 1 aromatic heterocycles. The largest absolute Gasteiger partial charge is 0.573 e. The minimum Gasteiger partial charge on any atom is -0.405 e. The Morgan fingerprint density at radius 2 is 1.89 bits per heavy atom. The molecule has 0 spiro atoms. The molecule has 1 aliphatic carbocycles. The van der Waals surface area contributed by atoms with Crippen LogP contribution in [-0.4, -0.2) is 57.9 Å². The first-order valence-electron chi connectivity index (χ1n) is 11.5. The number of hydrogen-bond donors (Lipinski definition) is 3. The van der Waals surface area contributed by atoms with Crippen molar-refractivity contribution in [2.24, 2.45) is 11.7 Å². The summed E-state index contributed by atoms with van der Waals surface area (Å²) < 4.78 is 42.0. The molecule has 2 aliphatic rings. The standard InChI is InChI=1S/C22H28F3N7O3/c23-22(24,25)35-19-4-2-1-3-15(19)10-28-21-29-11-18(32(33)34)20(30-21)27-9-14-5-7-17(8-6-14)31-12-16(26)13-31/h1-4,11,14,16-17H,5-10,12-13,26H2,(H2,27,28,29,30). The van der Waals surface area contributed by atoms with Crippen LogP contribution in [0, 0.1) is 16.0 Å². The monoisotopic (exact) mass is 495 g/mol.